The number of aromatic nitrogens is 1. The molecule has 7 heteroatoms. The van der Waals surface area contributed by atoms with E-state index >= 15 is 0 Å². The van der Waals surface area contributed by atoms with Crippen molar-refractivity contribution in [2.75, 3.05) is 14.2 Å². The number of carbonyl (C=O) groups excluding carboxylic acids is 1. The van der Waals surface area contributed by atoms with Crippen LogP contribution < -0.4 is 4.74 Å². The predicted molar refractivity (Wildman–Crippen MR) is 47.1 cm³/mol. The number of hydrogen-bond acceptors (Lipinski definition) is 4. The minimum atomic E-state index is -4.69. The van der Waals surface area contributed by atoms with Gasteiger partial charge in [-0.1, -0.05) is 0 Å². The molecule has 0 atom stereocenters. The summed E-state index contributed by atoms with van der Waals surface area (Å²) in [5.41, 5.74) is -1.67. The lowest BCUT2D eigenvalue weighted by Gasteiger charge is -2.11. The van der Waals surface area contributed by atoms with Crippen molar-refractivity contribution < 1.29 is 27.4 Å². The number of pyridine rings is 1. The van der Waals surface area contributed by atoms with Gasteiger partial charge in [0.05, 0.1) is 14.2 Å². The molecule has 0 saturated carbocycles. The van der Waals surface area contributed by atoms with Crippen LogP contribution >= 0.6 is 0 Å². The molecule has 0 aliphatic rings. The molecule has 1 rings (SSSR count). The maximum Gasteiger partial charge on any atom is 0.437 e. The first kappa shape index (κ1) is 12.3. The summed E-state index contributed by atoms with van der Waals surface area (Å²) in [4.78, 5) is 14.2. The van der Waals surface area contributed by atoms with E-state index in [4.69, 9.17) is 0 Å². The number of ether oxygens (including phenoxy) is 2. The third-order valence-corrected chi connectivity index (χ3v) is 1.74. The Labute approximate surface area is 89.0 Å². The highest BCUT2D eigenvalue weighted by Gasteiger charge is 2.37. The zero-order valence-electron chi connectivity index (χ0n) is 8.46. The molecule has 0 fully saturated rings. The Hall–Kier alpha value is -1.79. The first-order chi connectivity index (χ1) is 7.40. The van der Waals surface area contributed by atoms with Crippen LogP contribution in [0.2, 0.25) is 0 Å². The molecular weight excluding hydrogens is 227 g/mol. The van der Waals surface area contributed by atoms with Gasteiger partial charge in [-0.2, -0.15) is 13.2 Å². The van der Waals surface area contributed by atoms with Gasteiger partial charge in [-0.05, 0) is 12.1 Å². The minimum Gasteiger partial charge on any atom is -0.494 e. The van der Waals surface area contributed by atoms with E-state index in [1.54, 1.807) is 0 Å². The van der Waals surface area contributed by atoms with Gasteiger partial charge in [0.1, 0.15) is 11.4 Å². The molecule has 88 valence electrons. The Morgan fingerprint density at radius 2 is 1.94 bits per heavy atom. The second-order valence-electron chi connectivity index (χ2n) is 2.74. The topological polar surface area (TPSA) is 48.4 Å². The number of methoxy groups -OCH3 is 2. The maximum atomic E-state index is 12.5. The quantitative estimate of drug-likeness (QED) is 0.734. The Morgan fingerprint density at radius 3 is 2.38 bits per heavy atom. The van der Waals surface area contributed by atoms with Gasteiger partial charge in [0.2, 0.25) is 0 Å². The van der Waals surface area contributed by atoms with Crippen LogP contribution in [0.5, 0.6) is 5.75 Å². The second kappa shape index (κ2) is 4.38. The molecule has 0 spiro atoms. The van der Waals surface area contributed by atoms with Gasteiger partial charge in [-0.3, -0.25) is 0 Å². The van der Waals surface area contributed by atoms with Gasteiger partial charge in [-0.15, -0.1) is 0 Å². The van der Waals surface area contributed by atoms with Crippen LogP contribution in [0.1, 0.15) is 16.2 Å². The van der Waals surface area contributed by atoms with Crippen molar-refractivity contribution in [1.82, 2.24) is 4.98 Å². The molecule has 0 unspecified atom stereocenters. The Balaban J connectivity index is 3.27. The standard InChI is InChI=1S/C9H8F3NO3/c1-15-6-4-3-5(8(14)16-2)13-7(6)9(10,11)12/h3-4H,1-2H3. The number of esters is 1. The summed E-state index contributed by atoms with van der Waals surface area (Å²) in [6, 6.07) is 2.11. The number of alkyl halides is 3. The van der Waals surface area contributed by atoms with E-state index < -0.39 is 29.3 Å². The molecule has 0 aliphatic carbocycles. The van der Waals surface area contributed by atoms with Crippen molar-refractivity contribution in [3.8, 4) is 5.75 Å². The van der Waals surface area contributed by atoms with E-state index in [2.05, 4.69) is 14.5 Å². The molecule has 1 heterocycles. The maximum absolute atomic E-state index is 12.5. The molecule has 0 aliphatic heterocycles. The summed E-state index contributed by atoms with van der Waals surface area (Å²) in [7, 11) is 2.14. The molecular formula is C9H8F3NO3. The second-order valence-corrected chi connectivity index (χ2v) is 2.74. The minimum absolute atomic E-state index is 0.421. The first-order valence-electron chi connectivity index (χ1n) is 4.10. The lowest BCUT2D eigenvalue weighted by molar-refractivity contribution is -0.142. The Bertz CT molecular complexity index is 403. The molecule has 0 amide bonds. The Kier molecular flexibility index (Phi) is 3.36. The van der Waals surface area contributed by atoms with Crippen molar-refractivity contribution >= 4 is 5.97 Å². The highest BCUT2D eigenvalue weighted by molar-refractivity contribution is 5.87. The average molecular weight is 235 g/mol. The fourth-order valence-electron chi connectivity index (χ4n) is 1.03. The monoisotopic (exact) mass is 235 g/mol. The largest absolute Gasteiger partial charge is 0.494 e. The van der Waals surface area contributed by atoms with Crippen molar-refractivity contribution in [3.63, 3.8) is 0 Å². The molecule has 16 heavy (non-hydrogen) atoms. The number of rotatable bonds is 2. The van der Waals surface area contributed by atoms with Crippen LogP contribution in [0.15, 0.2) is 12.1 Å². The smallest absolute Gasteiger partial charge is 0.437 e. The number of nitrogens with zero attached hydrogens (tertiary/aromatic N) is 1. The first-order valence-corrected chi connectivity index (χ1v) is 4.10. The SMILES string of the molecule is COC(=O)c1ccc(OC)c(C(F)(F)F)n1. The fourth-order valence-corrected chi connectivity index (χ4v) is 1.03. The van der Waals surface area contributed by atoms with E-state index in [0.29, 0.717) is 0 Å². The molecule has 1 aromatic heterocycles. The van der Waals surface area contributed by atoms with E-state index in [9.17, 15) is 18.0 Å². The molecule has 0 saturated heterocycles. The number of halogens is 3. The molecule has 0 aromatic carbocycles. The van der Waals surface area contributed by atoms with Crippen LogP contribution in [-0.4, -0.2) is 25.2 Å². The highest BCUT2D eigenvalue weighted by atomic mass is 19.4. The van der Waals surface area contributed by atoms with Gasteiger partial charge in [0.25, 0.3) is 0 Å². The summed E-state index contributed by atoms with van der Waals surface area (Å²) >= 11 is 0. The number of carbonyl (C=O) groups is 1. The third-order valence-electron chi connectivity index (χ3n) is 1.74. The summed E-state index contributed by atoms with van der Waals surface area (Å²) in [6.45, 7) is 0. The van der Waals surface area contributed by atoms with Crippen molar-refractivity contribution in [2.24, 2.45) is 0 Å². The number of hydrogen-bond donors (Lipinski definition) is 0. The third kappa shape index (κ3) is 2.41. The lowest BCUT2D eigenvalue weighted by atomic mass is 10.2. The highest BCUT2D eigenvalue weighted by Crippen LogP contribution is 2.34. The van der Waals surface area contributed by atoms with Crippen molar-refractivity contribution in [2.45, 2.75) is 6.18 Å². The van der Waals surface area contributed by atoms with E-state index in [1.165, 1.54) is 0 Å². The normalized spacial score (nSPS) is 11.1. The molecule has 0 bridgehead atoms. The lowest BCUT2D eigenvalue weighted by Crippen LogP contribution is -2.14. The van der Waals surface area contributed by atoms with Gasteiger partial charge in [0, 0.05) is 0 Å². The Morgan fingerprint density at radius 1 is 1.31 bits per heavy atom. The summed E-state index contributed by atoms with van der Waals surface area (Å²) in [5.74, 6) is -1.38. The molecule has 1 aromatic rings. The van der Waals surface area contributed by atoms with E-state index in [1.807, 2.05) is 0 Å². The van der Waals surface area contributed by atoms with Gasteiger partial charge >= 0.3 is 12.1 Å². The van der Waals surface area contributed by atoms with Crippen LogP contribution in [0, 0.1) is 0 Å². The average Bonchev–Trinajstić information content (AvgIpc) is 2.26. The molecule has 0 radical (unpaired) electrons. The van der Waals surface area contributed by atoms with E-state index in [-0.39, 0.29) is 0 Å². The molecule has 4 nitrogen and oxygen atoms in total. The van der Waals surface area contributed by atoms with Gasteiger partial charge in [-0.25, -0.2) is 9.78 Å². The summed E-state index contributed by atoms with van der Waals surface area (Å²) in [5, 5.41) is 0. The zero-order valence-corrected chi connectivity index (χ0v) is 8.46. The van der Waals surface area contributed by atoms with Crippen LogP contribution in [0.4, 0.5) is 13.2 Å². The summed E-state index contributed by atoms with van der Waals surface area (Å²) in [6.07, 6.45) is -4.69. The predicted octanol–water partition coefficient (Wildman–Crippen LogP) is 1.90. The van der Waals surface area contributed by atoms with Crippen LogP contribution in [0.3, 0.4) is 0 Å². The van der Waals surface area contributed by atoms with Crippen LogP contribution in [-0.2, 0) is 10.9 Å². The van der Waals surface area contributed by atoms with Crippen LogP contribution in [0.25, 0.3) is 0 Å². The molecule has 0 N–H and O–H groups in total. The van der Waals surface area contributed by atoms with Gasteiger partial charge in [0.15, 0.2) is 5.69 Å². The zero-order chi connectivity index (χ0) is 12.3. The van der Waals surface area contributed by atoms with Gasteiger partial charge < -0.3 is 9.47 Å². The van der Waals surface area contributed by atoms with Crippen molar-refractivity contribution in [1.29, 1.82) is 0 Å². The summed E-state index contributed by atoms with van der Waals surface area (Å²) < 4.78 is 46.2. The van der Waals surface area contributed by atoms with E-state index in [0.717, 1.165) is 26.4 Å². The van der Waals surface area contributed by atoms with Crippen molar-refractivity contribution in [3.05, 3.63) is 23.5 Å². The fraction of sp³-hybridized carbons (Fsp3) is 0.333.